The molecular weight excluding hydrogens is 414 g/mol. The van der Waals surface area contributed by atoms with Gasteiger partial charge in [0.2, 0.25) is 5.88 Å². The van der Waals surface area contributed by atoms with E-state index in [0.717, 1.165) is 12.3 Å². The fraction of sp³-hybridized carbons (Fsp3) is 0.263. The minimum absolute atomic E-state index is 0.0762. The Morgan fingerprint density at radius 1 is 1.03 bits per heavy atom. The number of hydrogen-bond donors (Lipinski definition) is 2. The second-order valence-electron chi connectivity index (χ2n) is 5.91. The van der Waals surface area contributed by atoms with Gasteiger partial charge in [-0.25, -0.2) is 22.9 Å². The predicted molar refractivity (Wildman–Crippen MR) is 106 cm³/mol. The Morgan fingerprint density at radius 2 is 1.80 bits per heavy atom. The highest BCUT2D eigenvalue weighted by atomic mass is 32.2. The molecule has 0 aliphatic rings. The number of hydrogen-bond acceptors (Lipinski definition) is 8. The summed E-state index contributed by atoms with van der Waals surface area (Å²) in [7, 11) is -4.23. The predicted octanol–water partition coefficient (Wildman–Crippen LogP) is 1.88. The zero-order valence-corrected chi connectivity index (χ0v) is 17.2. The van der Waals surface area contributed by atoms with E-state index in [0.29, 0.717) is 13.0 Å². The van der Waals surface area contributed by atoms with Gasteiger partial charge in [0.1, 0.15) is 0 Å². The third-order valence-corrected chi connectivity index (χ3v) is 4.91. The maximum absolute atomic E-state index is 12.5. The number of pyridine rings is 1. The molecule has 0 aliphatic heterocycles. The molecule has 0 spiro atoms. The summed E-state index contributed by atoms with van der Waals surface area (Å²) >= 11 is 0. The van der Waals surface area contributed by atoms with Gasteiger partial charge in [-0.3, -0.25) is 9.59 Å². The SMILES string of the molecule is CCCOC(=O)Oc1ccc(C(=O)NS(=O)(=O)c2cccc(C(=O)NCC)c2)cn1. The lowest BCUT2D eigenvalue weighted by atomic mass is 10.2. The van der Waals surface area contributed by atoms with Crippen LogP contribution in [0.2, 0.25) is 0 Å². The molecule has 0 aliphatic carbocycles. The lowest BCUT2D eigenvalue weighted by Gasteiger charge is -2.09. The van der Waals surface area contributed by atoms with Crippen molar-refractivity contribution < 1.29 is 32.3 Å². The third kappa shape index (κ3) is 6.27. The van der Waals surface area contributed by atoms with E-state index in [1.54, 1.807) is 6.92 Å². The Morgan fingerprint density at radius 3 is 2.43 bits per heavy atom. The van der Waals surface area contributed by atoms with E-state index in [9.17, 15) is 22.8 Å². The number of amides is 2. The first-order valence-electron chi connectivity index (χ1n) is 9.03. The average Bonchev–Trinajstić information content (AvgIpc) is 2.72. The molecule has 2 aromatic rings. The molecule has 10 nitrogen and oxygen atoms in total. The molecule has 1 aromatic carbocycles. The van der Waals surface area contributed by atoms with Gasteiger partial charge in [0.15, 0.2) is 0 Å². The molecule has 160 valence electrons. The second kappa shape index (κ2) is 10.3. The molecule has 0 fully saturated rings. The van der Waals surface area contributed by atoms with Crippen LogP contribution >= 0.6 is 0 Å². The van der Waals surface area contributed by atoms with Crippen LogP contribution in [0.25, 0.3) is 0 Å². The van der Waals surface area contributed by atoms with E-state index in [4.69, 9.17) is 9.47 Å². The van der Waals surface area contributed by atoms with Gasteiger partial charge in [-0.1, -0.05) is 13.0 Å². The Kier molecular flexibility index (Phi) is 7.87. The van der Waals surface area contributed by atoms with Crippen molar-refractivity contribution >= 4 is 28.0 Å². The number of nitrogens with zero attached hydrogens (tertiary/aromatic N) is 1. The summed E-state index contributed by atoms with van der Waals surface area (Å²) in [4.78, 5) is 39.1. The third-order valence-electron chi connectivity index (χ3n) is 3.58. The molecular formula is C19H21N3O7S. The van der Waals surface area contributed by atoms with Crippen LogP contribution in [0.3, 0.4) is 0 Å². The molecule has 0 saturated heterocycles. The van der Waals surface area contributed by atoms with Gasteiger partial charge in [0, 0.05) is 24.4 Å². The van der Waals surface area contributed by atoms with Gasteiger partial charge in [-0.05, 0) is 37.6 Å². The van der Waals surface area contributed by atoms with Gasteiger partial charge >= 0.3 is 6.16 Å². The van der Waals surface area contributed by atoms with Crippen LogP contribution in [-0.2, 0) is 14.8 Å². The maximum Gasteiger partial charge on any atom is 0.515 e. The number of ether oxygens (including phenoxy) is 2. The first kappa shape index (κ1) is 22.8. The van der Waals surface area contributed by atoms with Crippen molar-refractivity contribution in [2.75, 3.05) is 13.2 Å². The second-order valence-corrected chi connectivity index (χ2v) is 7.59. The van der Waals surface area contributed by atoms with Gasteiger partial charge in [-0.2, -0.15) is 0 Å². The fourth-order valence-electron chi connectivity index (χ4n) is 2.18. The summed E-state index contributed by atoms with van der Waals surface area (Å²) in [5, 5.41) is 2.56. The topological polar surface area (TPSA) is 141 Å². The molecule has 30 heavy (non-hydrogen) atoms. The van der Waals surface area contributed by atoms with Gasteiger partial charge in [0.25, 0.3) is 21.8 Å². The van der Waals surface area contributed by atoms with Crippen molar-refractivity contribution in [3.05, 3.63) is 53.7 Å². The molecule has 0 bridgehead atoms. The standard InChI is InChI=1S/C19H21N3O7S/c1-3-10-28-19(25)29-16-9-8-14(12-21-16)18(24)22-30(26,27)15-7-5-6-13(11-15)17(23)20-4-2/h5-9,11-12H,3-4,10H2,1-2H3,(H,20,23)(H,22,24). The highest BCUT2D eigenvalue weighted by Crippen LogP contribution is 2.13. The molecule has 1 heterocycles. The monoisotopic (exact) mass is 435 g/mol. The molecule has 0 radical (unpaired) electrons. The van der Waals surface area contributed by atoms with Gasteiger partial charge < -0.3 is 14.8 Å². The van der Waals surface area contributed by atoms with E-state index in [2.05, 4.69) is 10.3 Å². The van der Waals surface area contributed by atoms with E-state index in [1.807, 2.05) is 11.6 Å². The fourth-order valence-corrected chi connectivity index (χ4v) is 3.20. The number of rotatable bonds is 8. The van der Waals surface area contributed by atoms with Gasteiger partial charge in [-0.15, -0.1) is 0 Å². The quantitative estimate of drug-likeness (QED) is 0.599. The number of carbonyl (C=O) groups is 3. The minimum atomic E-state index is -4.23. The lowest BCUT2D eigenvalue weighted by molar-refractivity contribution is 0.0950. The average molecular weight is 435 g/mol. The Hall–Kier alpha value is -3.47. The number of benzene rings is 1. The van der Waals surface area contributed by atoms with Crippen molar-refractivity contribution in [2.45, 2.75) is 25.2 Å². The van der Waals surface area contributed by atoms with Crippen molar-refractivity contribution in [2.24, 2.45) is 0 Å². The van der Waals surface area contributed by atoms with E-state index in [1.165, 1.54) is 30.3 Å². The van der Waals surface area contributed by atoms with Crippen LogP contribution in [0, 0.1) is 0 Å². The Balaban J connectivity index is 2.08. The van der Waals surface area contributed by atoms with E-state index < -0.39 is 28.0 Å². The van der Waals surface area contributed by atoms with Crippen LogP contribution in [0.4, 0.5) is 4.79 Å². The summed E-state index contributed by atoms with van der Waals surface area (Å²) < 4.78 is 36.4. The Labute approximate surface area is 173 Å². The molecule has 0 atom stereocenters. The number of sulfonamides is 1. The van der Waals surface area contributed by atoms with Crippen molar-refractivity contribution in [3.8, 4) is 5.88 Å². The highest BCUT2D eigenvalue weighted by Gasteiger charge is 2.20. The van der Waals surface area contributed by atoms with Crippen molar-refractivity contribution in [3.63, 3.8) is 0 Å². The summed E-state index contributed by atoms with van der Waals surface area (Å²) in [6.45, 7) is 4.13. The van der Waals surface area contributed by atoms with Crippen LogP contribution in [0.15, 0.2) is 47.5 Å². The van der Waals surface area contributed by atoms with E-state index in [-0.39, 0.29) is 28.5 Å². The minimum Gasteiger partial charge on any atom is -0.434 e. The zero-order valence-electron chi connectivity index (χ0n) is 16.4. The van der Waals surface area contributed by atoms with Crippen LogP contribution in [0.1, 0.15) is 41.0 Å². The summed E-state index contributed by atoms with van der Waals surface area (Å²) in [6, 6.07) is 7.75. The maximum atomic E-state index is 12.5. The smallest absolute Gasteiger partial charge is 0.434 e. The largest absolute Gasteiger partial charge is 0.515 e. The normalized spacial score (nSPS) is 10.7. The molecule has 2 amide bonds. The number of aromatic nitrogens is 1. The first-order valence-corrected chi connectivity index (χ1v) is 10.5. The van der Waals surface area contributed by atoms with Crippen molar-refractivity contribution in [1.82, 2.24) is 15.0 Å². The van der Waals surface area contributed by atoms with Crippen molar-refractivity contribution in [1.29, 1.82) is 0 Å². The first-order chi connectivity index (χ1) is 14.3. The van der Waals surface area contributed by atoms with Gasteiger partial charge in [0.05, 0.1) is 17.1 Å². The summed E-state index contributed by atoms with van der Waals surface area (Å²) in [6.07, 6.45) is 0.747. The van der Waals surface area contributed by atoms with E-state index >= 15 is 0 Å². The highest BCUT2D eigenvalue weighted by molar-refractivity contribution is 7.90. The summed E-state index contributed by atoms with van der Waals surface area (Å²) in [5.74, 6) is -1.48. The molecule has 2 N–H and O–H groups in total. The van der Waals surface area contributed by atoms with Crippen LogP contribution in [-0.4, -0.2) is 44.5 Å². The number of nitrogens with one attached hydrogen (secondary N) is 2. The molecule has 11 heteroatoms. The number of carbonyl (C=O) groups excluding carboxylic acids is 3. The molecule has 2 rings (SSSR count). The molecule has 1 aromatic heterocycles. The Bertz CT molecular complexity index is 1020. The van der Waals surface area contributed by atoms with Crippen LogP contribution in [0.5, 0.6) is 5.88 Å². The summed E-state index contributed by atoms with van der Waals surface area (Å²) in [5.41, 5.74) is 0.0676. The lowest BCUT2D eigenvalue weighted by Crippen LogP contribution is -2.31. The zero-order chi connectivity index (χ0) is 22.1. The van der Waals surface area contributed by atoms with Crippen LogP contribution < -0.4 is 14.8 Å². The molecule has 0 saturated carbocycles. The molecule has 0 unspecified atom stereocenters.